The minimum absolute atomic E-state index is 0.245. The van der Waals surface area contributed by atoms with Gasteiger partial charge in [-0.15, -0.1) is 11.3 Å². The molecule has 2 heterocycles. The van der Waals surface area contributed by atoms with E-state index in [-0.39, 0.29) is 17.4 Å². The highest BCUT2D eigenvalue weighted by Crippen LogP contribution is 2.43. The van der Waals surface area contributed by atoms with E-state index in [4.69, 9.17) is 0 Å². The zero-order valence-electron chi connectivity index (χ0n) is 10.5. The first-order valence-corrected chi connectivity index (χ1v) is 7.62. The van der Waals surface area contributed by atoms with Crippen LogP contribution in [0.4, 0.5) is 0 Å². The smallest absolute Gasteiger partial charge is 0.234 e. The molecule has 2 aliphatic rings. The van der Waals surface area contributed by atoms with Gasteiger partial charge in [0.05, 0.1) is 11.5 Å². The van der Waals surface area contributed by atoms with Crippen LogP contribution in [0.15, 0.2) is 17.5 Å². The lowest BCUT2D eigenvalue weighted by molar-refractivity contribution is -0.149. The molecule has 3 nitrogen and oxygen atoms in total. The SMILES string of the molecule is O=C(N1CC(O)C1)C1(c2cccs2)CCCCC1. The maximum atomic E-state index is 12.8. The van der Waals surface area contributed by atoms with Gasteiger partial charge in [0.25, 0.3) is 0 Å². The molecule has 98 valence electrons. The number of aliphatic hydroxyl groups excluding tert-OH is 1. The molecule has 3 rings (SSSR count). The zero-order valence-corrected chi connectivity index (χ0v) is 11.3. The summed E-state index contributed by atoms with van der Waals surface area (Å²) >= 11 is 1.70. The van der Waals surface area contributed by atoms with Crippen molar-refractivity contribution in [3.8, 4) is 0 Å². The molecule has 2 fully saturated rings. The average molecular weight is 265 g/mol. The number of aliphatic hydroxyl groups is 1. The summed E-state index contributed by atoms with van der Waals surface area (Å²) in [5, 5.41) is 11.4. The van der Waals surface area contributed by atoms with Gasteiger partial charge in [0, 0.05) is 18.0 Å². The highest BCUT2D eigenvalue weighted by Gasteiger charge is 2.46. The molecule has 1 aliphatic heterocycles. The number of amides is 1. The maximum absolute atomic E-state index is 12.8. The van der Waals surface area contributed by atoms with Gasteiger partial charge in [-0.1, -0.05) is 25.3 Å². The number of likely N-dealkylation sites (tertiary alicyclic amines) is 1. The summed E-state index contributed by atoms with van der Waals surface area (Å²) in [7, 11) is 0. The predicted molar refractivity (Wildman–Crippen MR) is 71.7 cm³/mol. The first-order valence-electron chi connectivity index (χ1n) is 6.74. The normalized spacial score (nSPS) is 23.7. The molecular formula is C14H19NO2S. The van der Waals surface area contributed by atoms with E-state index >= 15 is 0 Å². The highest BCUT2D eigenvalue weighted by molar-refractivity contribution is 7.10. The van der Waals surface area contributed by atoms with Crippen molar-refractivity contribution in [1.82, 2.24) is 4.90 Å². The van der Waals surface area contributed by atoms with E-state index in [0.29, 0.717) is 13.1 Å². The summed E-state index contributed by atoms with van der Waals surface area (Å²) in [6.07, 6.45) is 5.15. The van der Waals surface area contributed by atoms with Crippen molar-refractivity contribution in [2.75, 3.05) is 13.1 Å². The van der Waals surface area contributed by atoms with Crippen LogP contribution in [0, 0.1) is 0 Å². The fraction of sp³-hybridized carbons (Fsp3) is 0.643. The van der Waals surface area contributed by atoms with Crippen molar-refractivity contribution in [3.63, 3.8) is 0 Å². The fourth-order valence-electron chi connectivity index (χ4n) is 3.20. The molecule has 1 aliphatic carbocycles. The molecular weight excluding hydrogens is 246 g/mol. The monoisotopic (exact) mass is 265 g/mol. The van der Waals surface area contributed by atoms with Crippen LogP contribution in [0.3, 0.4) is 0 Å². The second kappa shape index (κ2) is 4.67. The van der Waals surface area contributed by atoms with Crippen LogP contribution in [0.1, 0.15) is 37.0 Å². The molecule has 1 saturated carbocycles. The van der Waals surface area contributed by atoms with Gasteiger partial charge in [0.15, 0.2) is 0 Å². The Balaban J connectivity index is 1.87. The van der Waals surface area contributed by atoms with Crippen molar-refractivity contribution < 1.29 is 9.90 Å². The third-order valence-electron chi connectivity index (χ3n) is 4.26. The van der Waals surface area contributed by atoms with E-state index in [0.717, 1.165) is 25.7 Å². The summed E-state index contributed by atoms with van der Waals surface area (Å²) < 4.78 is 0. The number of hydrogen-bond donors (Lipinski definition) is 1. The molecule has 0 aromatic carbocycles. The van der Waals surface area contributed by atoms with Gasteiger partial charge < -0.3 is 10.0 Å². The van der Waals surface area contributed by atoms with E-state index in [1.54, 1.807) is 11.3 Å². The maximum Gasteiger partial charge on any atom is 0.234 e. The molecule has 0 radical (unpaired) electrons. The summed E-state index contributed by atoms with van der Waals surface area (Å²) in [6, 6.07) is 4.14. The third-order valence-corrected chi connectivity index (χ3v) is 5.33. The minimum atomic E-state index is -0.307. The fourth-order valence-corrected chi connectivity index (χ4v) is 4.17. The molecule has 1 N–H and O–H groups in total. The molecule has 0 bridgehead atoms. The number of carbonyl (C=O) groups is 1. The van der Waals surface area contributed by atoms with Crippen molar-refractivity contribution in [3.05, 3.63) is 22.4 Å². The Morgan fingerprint density at radius 3 is 2.61 bits per heavy atom. The molecule has 0 spiro atoms. The summed E-state index contributed by atoms with van der Waals surface area (Å²) in [5.74, 6) is 0.245. The number of carbonyl (C=O) groups excluding carboxylic acids is 1. The van der Waals surface area contributed by atoms with Crippen molar-refractivity contribution in [1.29, 1.82) is 0 Å². The number of nitrogens with zero attached hydrogens (tertiary/aromatic N) is 1. The quantitative estimate of drug-likeness (QED) is 0.890. The Hall–Kier alpha value is -0.870. The van der Waals surface area contributed by atoms with Gasteiger partial charge in [-0.3, -0.25) is 4.79 Å². The van der Waals surface area contributed by atoms with E-state index in [9.17, 15) is 9.90 Å². The Labute approximate surface area is 111 Å². The first-order chi connectivity index (χ1) is 8.72. The minimum Gasteiger partial charge on any atom is -0.389 e. The summed E-state index contributed by atoms with van der Waals surface area (Å²) in [6.45, 7) is 1.04. The van der Waals surface area contributed by atoms with Crippen LogP contribution >= 0.6 is 11.3 Å². The lowest BCUT2D eigenvalue weighted by Gasteiger charge is -2.44. The van der Waals surface area contributed by atoms with Crippen molar-refractivity contribution in [2.24, 2.45) is 0 Å². The average Bonchev–Trinajstić information content (AvgIpc) is 2.89. The second-order valence-electron chi connectivity index (χ2n) is 5.48. The zero-order chi connectivity index (χ0) is 12.6. The molecule has 0 atom stereocenters. The van der Waals surface area contributed by atoms with Gasteiger partial charge in [0.1, 0.15) is 0 Å². The predicted octanol–water partition coefficient (Wildman–Crippen LogP) is 2.15. The van der Waals surface area contributed by atoms with Crippen LogP contribution in [-0.2, 0) is 10.2 Å². The van der Waals surface area contributed by atoms with Crippen LogP contribution < -0.4 is 0 Å². The lowest BCUT2D eigenvalue weighted by Crippen LogP contribution is -2.59. The number of hydrogen-bond acceptors (Lipinski definition) is 3. The number of β-amino-alcohol motifs (C(OH)–C–C–N with tert-alkyl or cyclic N) is 1. The Kier molecular flexibility index (Phi) is 3.16. The summed E-state index contributed by atoms with van der Waals surface area (Å²) in [4.78, 5) is 15.8. The van der Waals surface area contributed by atoms with Crippen LogP contribution in [0.5, 0.6) is 0 Å². The molecule has 1 amide bonds. The first kappa shape index (κ1) is 12.2. The van der Waals surface area contributed by atoms with Crippen LogP contribution in [0.25, 0.3) is 0 Å². The van der Waals surface area contributed by atoms with E-state index in [1.165, 1.54) is 11.3 Å². The molecule has 1 saturated heterocycles. The van der Waals surface area contributed by atoms with E-state index < -0.39 is 0 Å². The number of rotatable bonds is 2. The van der Waals surface area contributed by atoms with Crippen molar-refractivity contribution in [2.45, 2.75) is 43.6 Å². The summed E-state index contributed by atoms with van der Waals surface area (Å²) in [5.41, 5.74) is -0.285. The molecule has 1 aromatic heterocycles. The van der Waals surface area contributed by atoms with Gasteiger partial charge in [-0.25, -0.2) is 0 Å². The third kappa shape index (κ3) is 1.88. The van der Waals surface area contributed by atoms with E-state index in [1.807, 2.05) is 11.0 Å². The van der Waals surface area contributed by atoms with Gasteiger partial charge in [-0.05, 0) is 24.3 Å². The van der Waals surface area contributed by atoms with E-state index in [2.05, 4.69) is 11.4 Å². The molecule has 4 heteroatoms. The lowest BCUT2D eigenvalue weighted by atomic mass is 9.71. The molecule has 0 unspecified atom stereocenters. The van der Waals surface area contributed by atoms with Crippen molar-refractivity contribution >= 4 is 17.2 Å². The largest absolute Gasteiger partial charge is 0.389 e. The van der Waals surface area contributed by atoms with Crippen LogP contribution in [-0.4, -0.2) is 35.1 Å². The van der Waals surface area contributed by atoms with Gasteiger partial charge in [0.2, 0.25) is 5.91 Å². The van der Waals surface area contributed by atoms with Crippen LogP contribution in [0.2, 0.25) is 0 Å². The standard InChI is InChI=1S/C14H19NO2S/c16-11-9-15(10-11)13(17)14(6-2-1-3-7-14)12-5-4-8-18-12/h4-5,8,11,16H,1-3,6-7,9-10H2. The molecule has 1 aromatic rings. The molecule has 18 heavy (non-hydrogen) atoms. The Morgan fingerprint density at radius 2 is 2.06 bits per heavy atom. The Bertz CT molecular complexity index is 417. The van der Waals surface area contributed by atoms with Gasteiger partial charge >= 0.3 is 0 Å². The topological polar surface area (TPSA) is 40.5 Å². The number of thiophene rings is 1. The van der Waals surface area contributed by atoms with Gasteiger partial charge in [-0.2, -0.15) is 0 Å². The highest BCUT2D eigenvalue weighted by atomic mass is 32.1. The Morgan fingerprint density at radius 1 is 1.33 bits per heavy atom. The second-order valence-corrected chi connectivity index (χ2v) is 6.43.